The van der Waals surface area contributed by atoms with Crippen LogP contribution in [0.25, 0.3) is 0 Å². The number of hydrogen-bond acceptors (Lipinski definition) is 4. The summed E-state index contributed by atoms with van der Waals surface area (Å²) >= 11 is 0. The van der Waals surface area contributed by atoms with Crippen LogP contribution in [0.3, 0.4) is 0 Å². The van der Waals surface area contributed by atoms with Gasteiger partial charge in [0.15, 0.2) is 5.78 Å². The highest BCUT2D eigenvalue weighted by molar-refractivity contribution is 6.14. The fourth-order valence-corrected chi connectivity index (χ4v) is 1.59. The number of rotatable bonds is 3. The van der Waals surface area contributed by atoms with Gasteiger partial charge in [-0.25, -0.2) is 4.98 Å². The SMILES string of the molecule is CCOc1ccc(N2CC(=O)CC2=O)cn1. The van der Waals surface area contributed by atoms with Crippen LogP contribution in [0.5, 0.6) is 5.88 Å². The van der Waals surface area contributed by atoms with Crippen LogP contribution < -0.4 is 9.64 Å². The Bertz CT molecular complexity index is 414. The second kappa shape index (κ2) is 4.30. The number of ketones is 1. The molecule has 16 heavy (non-hydrogen) atoms. The van der Waals surface area contributed by atoms with Gasteiger partial charge in [-0.05, 0) is 13.0 Å². The number of Topliss-reactive ketones (excluding diaryl/α,β-unsaturated/α-hetero) is 1. The highest BCUT2D eigenvalue weighted by atomic mass is 16.5. The fourth-order valence-electron chi connectivity index (χ4n) is 1.59. The van der Waals surface area contributed by atoms with Crippen LogP contribution in [0, 0.1) is 0 Å². The molecule has 0 aromatic carbocycles. The monoisotopic (exact) mass is 220 g/mol. The molecule has 1 saturated heterocycles. The molecule has 0 bridgehead atoms. The third-order valence-corrected chi connectivity index (χ3v) is 2.31. The van der Waals surface area contributed by atoms with Crippen molar-refractivity contribution in [3.05, 3.63) is 18.3 Å². The molecule has 2 heterocycles. The van der Waals surface area contributed by atoms with E-state index in [1.165, 1.54) is 4.90 Å². The first kappa shape index (κ1) is 10.6. The molecule has 0 unspecified atom stereocenters. The molecule has 0 atom stereocenters. The fraction of sp³-hybridized carbons (Fsp3) is 0.364. The van der Waals surface area contributed by atoms with Gasteiger partial charge in [0.25, 0.3) is 0 Å². The molecule has 1 amide bonds. The summed E-state index contributed by atoms with van der Waals surface area (Å²) in [7, 11) is 0. The Balaban J connectivity index is 2.15. The lowest BCUT2D eigenvalue weighted by Crippen LogP contribution is -2.24. The van der Waals surface area contributed by atoms with E-state index in [-0.39, 0.29) is 24.7 Å². The van der Waals surface area contributed by atoms with Gasteiger partial charge in [-0.3, -0.25) is 9.59 Å². The Morgan fingerprint density at radius 2 is 2.25 bits per heavy atom. The van der Waals surface area contributed by atoms with Gasteiger partial charge in [0.2, 0.25) is 11.8 Å². The molecule has 1 fully saturated rings. The Labute approximate surface area is 93.0 Å². The molecular formula is C11H12N2O3. The molecular weight excluding hydrogens is 208 g/mol. The van der Waals surface area contributed by atoms with Crippen molar-refractivity contribution in [3.8, 4) is 5.88 Å². The van der Waals surface area contributed by atoms with Crippen LogP contribution in [0.4, 0.5) is 5.69 Å². The third-order valence-electron chi connectivity index (χ3n) is 2.31. The lowest BCUT2D eigenvalue weighted by atomic mass is 10.3. The zero-order valence-electron chi connectivity index (χ0n) is 8.97. The van der Waals surface area contributed by atoms with Crippen molar-refractivity contribution >= 4 is 17.4 Å². The molecule has 1 aliphatic heterocycles. The minimum absolute atomic E-state index is 0.00673. The maximum atomic E-state index is 11.4. The van der Waals surface area contributed by atoms with Gasteiger partial charge in [-0.15, -0.1) is 0 Å². The number of carbonyl (C=O) groups is 2. The maximum absolute atomic E-state index is 11.4. The smallest absolute Gasteiger partial charge is 0.234 e. The van der Waals surface area contributed by atoms with Crippen molar-refractivity contribution in [1.29, 1.82) is 0 Å². The van der Waals surface area contributed by atoms with E-state index in [4.69, 9.17) is 4.74 Å². The summed E-state index contributed by atoms with van der Waals surface area (Å²) in [4.78, 5) is 28.0. The third kappa shape index (κ3) is 2.03. The maximum Gasteiger partial charge on any atom is 0.234 e. The minimum atomic E-state index is -0.170. The number of hydrogen-bond donors (Lipinski definition) is 0. The zero-order chi connectivity index (χ0) is 11.5. The van der Waals surface area contributed by atoms with Crippen LogP contribution in [0.15, 0.2) is 18.3 Å². The number of anilines is 1. The number of ether oxygens (including phenoxy) is 1. The van der Waals surface area contributed by atoms with E-state index in [2.05, 4.69) is 4.98 Å². The molecule has 0 saturated carbocycles. The van der Waals surface area contributed by atoms with Crippen LogP contribution in [0.1, 0.15) is 13.3 Å². The van der Waals surface area contributed by atoms with E-state index < -0.39 is 0 Å². The lowest BCUT2D eigenvalue weighted by molar-refractivity contribution is -0.121. The average molecular weight is 220 g/mol. The highest BCUT2D eigenvalue weighted by Crippen LogP contribution is 2.20. The Morgan fingerprint density at radius 3 is 2.75 bits per heavy atom. The van der Waals surface area contributed by atoms with Crippen LogP contribution in [-0.2, 0) is 9.59 Å². The lowest BCUT2D eigenvalue weighted by Gasteiger charge is -2.14. The van der Waals surface area contributed by atoms with Crippen molar-refractivity contribution < 1.29 is 14.3 Å². The van der Waals surface area contributed by atoms with Gasteiger partial charge in [-0.2, -0.15) is 0 Å². The number of aromatic nitrogens is 1. The van der Waals surface area contributed by atoms with Gasteiger partial charge in [0.1, 0.15) is 0 Å². The van der Waals surface area contributed by atoms with E-state index in [0.29, 0.717) is 18.2 Å². The van der Waals surface area contributed by atoms with Gasteiger partial charge in [0, 0.05) is 6.07 Å². The van der Waals surface area contributed by atoms with Crippen LogP contribution in [0.2, 0.25) is 0 Å². The van der Waals surface area contributed by atoms with Crippen LogP contribution in [-0.4, -0.2) is 29.8 Å². The molecule has 1 aromatic rings. The molecule has 5 heteroatoms. The quantitative estimate of drug-likeness (QED) is 0.706. The first-order valence-electron chi connectivity index (χ1n) is 5.11. The summed E-state index contributed by atoms with van der Waals surface area (Å²) in [6.45, 7) is 2.57. The number of carbonyl (C=O) groups excluding carboxylic acids is 2. The van der Waals surface area contributed by atoms with E-state index in [1.807, 2.05) is 6.92 Å². The summed E-state index contributed by atoms with van der Waals surface area (Å²) < 4.78 is 5.19. The molecule has 0 spiro atoms. The number of amides is 1. The van der Waals surface area contributed by atoms with Gasteiger partial charge in [0.05, 0.1) is 31.5 Å². The molecule has 0 N–H and O–H groups in total. The molecule has 2 rings (SSSR count). The molecule has 1 aromatic heterocycles. The van der Waals surface area contributed by atoms with E-state index in [9.17, 15) is 9.59 Å². The van der Waals surface area contributed by atoms with Gasteiger partial charge < -0.3 is 9.64 Å². The molecule has 1 aliphatic rings. The Morgan fingerprint density at radius 1 is 1.44 bits per heavy atom. The number of pyridine rings is 1. The summed E-state index contributed by atoms with van der Waals surface area (Å²) in [5.41, 5.74) is 0.638. The van der Waals surface area contributed by atoms with E-state index in [1.54, 1.807) is 18.3 Å². The summed E-state index contributed by atoms with van der Waals surface area (Å²) in [5.74, 6) is 0.291. The molecule has 84 valence electrons. The predicted octanol–water partition coefficient (Wildman–Crippen LogP) is 0.786. The van der Waals surface area contributed by atoms with Crippen molar-refractivity contribution in [2.24, 2.45) is 0 Å². The van der Waals surface area contributed by atoms with Crippen molar-refractivity contribution in [2.45, 2.75) is 13.3 Å². The predicted molar refractivity (Wildman–Crippen MR) is 57.4 cm³/mol. The van der Waals surface area contributed by atoms with E-state index in [0.717, 1.165) is 0 Å². The van der Waals surface area contributed by atoms with Crippen molar-refractivity contribution in [1.82, 2.24) is 4.98 Å². The first-order valence-corrected chi connectivity index (χ1v) is 5.11. The summed E-state index contributed by atoms with van der Waals surface area (Å²) in [5, 5.41) is 0. The Hall–Kier alpha value is -1.91. The van der Waals surface area contributed by atoms with E-state index >= 15 is 0 Å². The summed E-state index contributed by atoms with van der Waals surface area (Å²) in [6.07, 6.45) is 1.54. The average Bonchev–Trinajstić information content (AvgIpc) is 2.59. The first-order chi connectivity index (χ1) is 7.70. The van der Waals surface area contributed by atoms with Gasteiger partial charge >= 0.3 is 0 Å². The normalized spacial score (nSPS) is 15.7. The second-order valence-electron chi connectivity index (χ2n) is 3.48. The molecule has 0 aliphatic carbocycles. The molecule has 0 radical (unpaired) electrons. The zero-order valence-corrected chi connectivity index (χ0v) is 8.97. The molecule has 5 nitrogen and oxygen atoms in total. The number of nitrogens with zero attached hydrogens (tertiary/aromatic N) is 2. The summed E-state index contributed by atoms with van der Waals surface area (Å²) in [6, 6.07) is 3.42. The largest absolute Gasteiger partial charge is 0.478 e. The van der Waals surface area contributed by atoms with Crippen LogP contribution >= 0.6 is 0 Å². The second-order valence-corrected chi connectivity index (χ2v) is 3.48. The Kier molecular flexibility index (Phi) is 2.85. The van der Waals surface area contributed by atoms with Crippen molar-refractivity contribution in [3.63, 3.8) is 0 Å². The highest BCUT2D eigenvalue weighted by Gasteiger charge is 2.28. The van der Waals surface area contributed by atoms with Crippen molar-refractivity contribution in [2.75, 3.05) is 18.1 Å². The van der Waals surface area contributed by atoms with Gasteiger partial charge in [-0.1, -0.05) is 0 Å². The minimum Gasteiger partial charge on any atom is -0.478 e. The topological polar surface area (TPSA) is 59.5 Å². The standard InChI is InChI=1S/C11H12N2O3/c1-2-16-10-4-3-8(6-12-10)13-7-9(14)5-11(13)15/h3-4,6H,2,5,7H2,1H3.